The number of aromatic nitrogens is 1. The molecule has 1 N–H and O–H groups in total. The standard InChI is InChI=1S/C27H26N4O7/c1-36-18-7-8-22(23(14-18)37-2)31-26(34)20(25(33)28-27(31)35)13-17-15-30(21-6-4-3-5-19(17)21)16-24(32)29-9-11-38-12-10-29/h3-8,13-15H,9-12,16H2,1-2H3,(H,28,33,35)/b20-13+. The molecule has 2 saturated heterocycles. The Morgan fingerprint density at radius 1 is 1.05 bits per heavy atom. The summed E-state index contributed by atoms with van der Waals surface area (Å²) in [5.74, 6) is -0.974. The molecule has 1 aromatic heterocycles. The van der Waals surface area contributed by atoms with E-state index in [4.69, 9.17) is 14.2 Å². The van der Waals surface area contributed by atoms with Crippen LogP contribution in [-0.4, -0.2) is 73.7 Å². The smallest absolute Gasteiger partial charge is 0.336 e. The van der Waals surface area contributed by atoms with Crippen LogP contribution in [0.25, 0.3) is 17.0 Å². The van der Waals surface area contributed by atoms with Gasteiger partial charge in [-0.15, -0.1) is 0 Å². The third-order valence-electron chi connectivity index (χ3n) is 6.52. The minimum atomic E-state index is -0.890. The molecule has 2 aliphatic rings. The number of fused-ring (bicyclic) bond motifs is 1. The lowest BCUT2D eigenvalue weighted by molar-refractivity contribution is -0.135. The quantitative estimate of drug-likeness (QED) is 0.392. The van der Waals surface area contributed by atoms with Crippen molar-refractivity contribution in [2.24, 2.45) is 0 Å². The largest absolute Gasteiger partial charge is 0.497 e. The molecule has 3 heterocycles. The fourth-order valence-corrected chi connectivity index (χ4v) is 4.58. The average Bonchev–Trinajstić information content (AvgIpc) is 3.28. The van der Waals surface area contributed by atoms with Crippen molar-refractivity contribution in [3.63, 3.8) is 0 Å². The fraction of sp³-hybridized carbons (Fsp3) is 0.259. The van der Waals surface area contributed by atoms with Gasteiger partial charge in [0.25, 0.3) is 11.8 Å². The summed E-state index contributed by atoms with van der Waals surface area (Å²) in [6.45, 7) is 2.16. The van der Waals surface area contributed by atoms with Crippen LogP contribution in [0.1, 0.15) is 5.56 Å². The average molecular weight is 519 g/mol. The van der Waals surface area contributed by atoms with Gasteiger partial charge in [0.05, 0.1) is 33.1 Å². The number of nitrogens with zero attached hydrogens (tertiary/aromatic N) is 3. The lowest BCUT2D eigenvalue weighted by Gasteiger charge is -2.27. The molecule has 38 heavy (non-hydrogen) atoms. The number of carbonyl (C=O) groups excluding carboxylic acids is 4. The van der Waals surface area contributed by atoms with E-state index in [1.54, 1.807) is 21.7 Å². The molecular weight excluding hydrogens is 492 g/mol. The molecule has 2 aromatic carbocycles. The first-order valence-electron chi connectivity index (χ1n) is 12.0. The molecule has 0 aliphatic carbocycles. The predicted octanol–water partition coefficient (Wildman–Crippen LogP) is 2.18. The normalized spacial score (nSPS) is 17.2. The van der Waals surface area contributed by atoms with Gasteiger partial charge in [0, 0.05) is 41.8 Å². The van der Waals surface area contributed by atoms with Crippen LogP contribution < -0.4 is 19.7 Å². The molecule has 0 spiro atoms. The van der Waals surface area contributed by atoms with E-state index < -0.39 is 17.8 Å². The number of nitrogens with one attached hydrogen (secondary N) is 1. The van der Waals surface area contributed by atoms with Gasteiger partial charge in [-0.05, 0) is 24.3 Å². The molecule has 0 saturated carbocycles. The molecule has 5 amide bonds. The van der Waals surface area contributed by atoms with Crippen LogP contribution in [0.5, 0.6) is 11.5 Å². The third kappa shape index (κ3) is 4.59. The lowest BCUT2D eigenvalue weighted by atomic mass is 10.1. The predicted molar refractivity (Wildman–Crippen MR) is 138 cm³/mol. The highest BCUT2D eigenvalue weighted by molar-refractivity contribution is 6.39. The lowest BCUT2D eigenvalue weighted by Crippen LogP contribution is -2.54. The van der Waals surface area contributed by atoms with Crippen molar-refractivity contribution < 1.29 is 33.4 Å². The number of rotatable bonds is 6. The van der Waals surface area contributed by atoms with Gasteiger partial charge in [0.15, 0.2) is 0 Å². The summed E-state index contributed by atoms with van der Waals surface area (Å²) in [5.41, 5.74) is 1.26. The highest BCUT2D eigenvalue weighted by Crippen LogP contribution is 2.34. The summed E-state index contributed by atoms with van der Waals surface area (Å²) in [6.07, 6.45) is 3.16. The number of ether oxygens (including phenoxy) is 3. The van der Waals surface area contributed by atoms with Gasteiger partial charge in [0.1, 0.15) is 23.6 Å². The minimum absolute atomic E-state index is 0.0527. The molecule has 3 aromatic rings. The summed E-state index contributed by atoms with van der Waals surface area (Å²) in [4.78, 5) is 54.6. The van der Waals surface area contributed by atoms with Gasteiger partial charge in [-0.1, -0.05) is 18.2 Å². The van der Waals surface area contributed by atoms with Crippen LogP contribution in [-0.2, 0) is 25.7 Å². The Labute approximate surface area is 218 Å². The summed E-state index contributed by atoms with van der Waals surface area (Å²) in [5, 5.41) is 2.98. The SMILES string of the molecule is COc1ccc(N2C(=O)NC(=O)/C(=C\c3cn(CC(=O)N4CCOCC4)c4ccccc34)C2=O)c(OC)c1. The van der Waals surface area contributed by atoms with Crippen LogP contribution in [0.2, 0.25) is 0 Å². The van der Waals surface area contributed by atoms with E-state index in [1.165, 1.54) is 32.4 Å². The first-order valence-corrected chi connectivity index (χ1v) is 12.0. The molecule has 11 nitrogen and oxygen atoms in total. The Hall–Kier alpha value is -4.64. The first kappa shape index (κ1) is 25.0. The number of para-hydroxylation sites is 1. The Kier molecular flexibility index (Phi) is 6.84. The maximum atomic E-state index is 13.5. The van der Waals surface area contributed by atoms with Crippen LogP contribution in [0.3, 0.4) is 0 Å². The van der Waals surface area contributed by atoms with Crippen molar-refractivity contribution in [1.29, 1.82) is 0 Å². The zero-order valence-electron chi connectivity index (χ0n) is 20.9. The Morgan fingerprint density at radius 3 is 2.55 bits per heavy atom. The number of urea groups is 1. The van der Waals surface area contributed by atoms with E-state index >= 15 is 0 Å². The Balaban J connectivity index is 1.51. The number of amides is 5. The van der Waals surface area contributed by atoms with Crippen LogP contribution in [0.15, 0.2) is 54.2 Å². The zero-order valence-corrected chi connectivity index (χ0v) is 20.9. The number of hydrogen-bond acceptors (Lipinski definition) is 7. The number of imide groups is 2. The van der Waals surface area contributed by atoms with Crippen molar-refractivity contribution in [3.8, 4) is 11.5 Å². The third-order valence-corrected chi connectivity index (χ3v) is 6.52. The van der Waals surface area contributed by atoms with Crippen molar-refractivity contribution in [2.75, 3.05) is 45.4 Å². The summed E-state index contributed by atoms with van der Waals surface area (Å²) in [7, 11) is 2.89. The minimum Gasteiger partial charge on any atom is -0.497 e. The molecule has 2 aliphatic heterocycles. The number of hydrogen-bond donors (Lipinski definition) is 1. The molecule has 0 bridgehead atoms. The van der Waals surface area contributed by atoms with Gasteiger partial charge in [-0.2, -0.15) is 0 Å². The van der Waals surface area contributed by atoms with E-state index in [0.717, 1.165) is 15.8 Å². The van der Waals surface area contributed by atoms with Gasteiger partial charge >= 0.3 is 6.03 Å². The van der Waals surface area contributed by atoms with Crippen LogP contribution >= 0.6 is 0 Å². The molecule has 196 valence electrons. The number of anilines is 1. The molecule has 0 atom stereocenters. The second-order valence-electron chi connectivity index (χ2n) is 8.72. The summed E-state index contributed by atoms with van der Waals surface area (Å²) < 4.78 is 17.7. The van der Waals surface area contributed by atoms with Crippen molar-refractivity contribution in [1.82, 2.24) is 14.8 Å². The number of carbonyl (C=O) groups is 4. The Bertz CT molecular complexity index is 1470. The van der Waals surface area contributed by atoms with Gasteiger partial charge < -0.3 is 23.7 Å². The summed E-state index contributed by atoms with van der Waals surface area (Å²) in [6, 6.07) is 11.1. The van der Waals surface area contributed by atoms with Gasteiger partial charge in [-0.25, -0.2) is 9.69 Å². The van der Waals surface area contributed by atoms with Crippen molar-refractivity contribution >= 4 is 46.4 Å². The number of benzene rings is 2. The second-order valence-corrected chi connectivity index (χ2v) is 8.72. The second kappa shape index (κ2) is 10.4. The van der Waals surface area contributed by atoms with Crippen LogP contribution in [0.4, 0.5) is 10.5 Å². The zero-order chi connectivity index (χ0) is 26.8. The molecular formula is C27H26N4O7. The maximum absolute atomic E-state index is 13.5. The number of morpholine rings is 1. The van der Waals surface area contributed by atoms with Gasteiger partial charge in [0.2, 0.25) is 5.91 Å². The Morgan fingerprint density at radius 2 is 1.82 bits per heavy atom. The highest BCUT2D eigenvalue weighted by atomic mass is 16.5. The number of barbiturate groups is 1. The van der Waals surface area contributed by atoms with Gasteiger partial charge in [-0.3, -0.25) is 19.7 Å². The molecule has 0 unspecified atom stereocenters. The van der Waals surface area contributed by atoms with Crippen molar-refractivity contribution in [2.45, 2.75) is 6.54 Å². The molecule has 0 radical (unpaired) electrons. The topological polar surface area (TPSA) is 119 Å². The van der Waals surface area contributed by atoms with E-state index in [1.807, 2.05) is 24.3 Å². The summed E-state index contributed by atoms with van der Waals surface area (Å²) >= 11 is 0. The number of methoxy groups -OCH3 is 2. The highest BCUT2D eigenvalue weighted by Gasteiger charge is 2.38. The van der Waals surface area contributed by atoms with Crippen LogP contribution in [0, 0.1) is 0 Å². The monoisotopic (exact) mass is 518 g/mol. The first-order chi connectivity index (χ1) is 18.4. The van der Waals surface area contributed by atoms with E-state index in [9.17, 15) is 19.2 Å². The molecule has 2 fully saturated rings. The maximum Gasteiger partial charge on any atom is 0.336 e. The fourth-order valence-electron chi connectivity index (χ4n) is 4.58. The molecule has 5 rings (SSSR count). The van der Waals surface area contributed by atoms with E-state index in [2.05, 4.69) is 5.32 Å². The van der Waals surface area contributed by atoms with E-state index in [0.29, 0.717) is 37.6 Å². The molecule has 11 heteroatoms. The van der Waals surface area contributed by atoms with E-state index in [-0.39, 0.29) is 29.5 Å². The van der Waals surface area contributed by atoms with Crippen molar-refractivity contribution in [3.05, 3.63) is 59.8 Å².